The first-order chi connectivity index (χ1) is 20.3. The molecule has 0 spiro atoms. The van der Waals surface area contributed by atoms with E-state index in [2.05, 4.69) is 13.5 Å². The number of ether oxygens (including phenoxy) is 1. The number of methoxy groups -OCH3 is 1. The molecular weight excluding hydrogens is 550 g/mol. The lowest BCUT2D eigenvalue weighted by molar-refractivity contribution is -0.182. The molecule has 0 bridgehead atoms. The molecule has 0 aromatic heterocycles. The number of aliphatic hydroxyl groups is 1. The van der Waals surface area contributed by atoms with E-state index in [4.69, 9.17) is 10.5 Å². The van der Waals surface area contributed by atoms with Crippen LogP contribution in [-0.2, 0) is 25.6 Å². The van der Waals surface area contributed by atoms with Crippen LogP contribution in [0.2, 0.25) is 0 Å². The Morgan fingerprint density at radius 3 is 2.42 bits per heavy atom. The highest BCUT2D eigenvalue weighted by Gasteiger charge is 2.69. The first-order valence-electron chi connectivity index (χ1n) is 14.6. The third-order valence-electron chi connectivity index (χ3n) is 9.80. The highest BCUT2D eigenvalue weighted by atomic mass is 16.5. The fourth-order valence-electron chi connectivity index (χ4n) is 7.74. The van der Waals surface area contributed by atoms with Gasteiger partial charge in [-0.3, -0.25) is 24.0 Å². The lowest BCUT2D eigenvalue weighted by Crippen LogP contribution is -2.71. The van der Waals surface area contributed by atoms with Crippen molar-refractivity contribution >= 4 is 29.0 Å². The lowest BCUT2D eigenvalue weighted by Gasteiger charge is -2.52. The van der Waals surface area contributed by atoms with Gasteiger partial charge in [0.15, 0.2) is 34.7 Å². The molecule has 9 heteroatoms. The molecule has 43 heavy (non-hydrogen) atoms. The summed E-state index contributed by atoms with van der Waals surface area (Å²) in [6, 6.07) is 8.90. The van der Waals surface area contributed by atoms with Gasteiger partial charge in [0, 0.05) is 17.4 Å². The molecule has 2 saturated carbocycles. The van der Waals surface area contributed by atoms with E-state index in [1.54, 1.807) is 27.0 Å². The topological polar surface area (TPSA) is 161 Å². The number of hydrogen-bond donors (Lipinski definition) is 3. The molecule has 4 N–H and O–H groups in total. The van der Waals surface area contributed by atoms with Crippen LogP contribution >= 0.6 is 0 Å². The maximum atomic E-state index is 14.1. The van der Waals surface area contributed by atoms with Gasteiger partial charge in [0.05, 0.1) is 18.6 Å². The number of carbonyl (C=O) groups is 5. The van der Waals surface area contributed by atoms with Crippen LogP contribution in [0, 0.1) is 35.5 Å². The van der Waals surface area contributed by atoms with Gasteiger partial charge < -0.3 is 20.7 Å². The number of rotatable bonds is 7. The van der Waals surface area contributed by atoms with Gasteiger partial charge in [-0.15, -0.1) is 6.58 Å². The van der Waals surface area contributed by atoms with Gasteiger partial charge in [-0.05, 0) is 71.9 Å². The number of carbonyl (C=O) groups excluding carboxylic acids is 5. The second-order valence-corrected chi connectivity index (χ2v) is 12.5. The molecule has 0 saturated heterocycles. The number of allylic oxidation sites excluding steroid dienone is 1. The number of hydrogen-bond acceptors (Lipinski definition) is 8. The summed E-state index contributed by atoms with van der Waals surface area (Å²) in [4.78, 5) is 67.2. The number of nitrogens with two attached hydrogens (primary N) is 1. The molecule has 2 aromatic rings. The number of primary amides is 1. The Labute approximate surface area is 250 Å². The minimum absolute atomic E-state index is 0.0204. The Balaban J connectivity index is 1.66. The summed E-state index contributed by atoms with van der Waals surface area (Å²) < 4.78 is 5.68. The zero-order valence-electron chi connectivity index (χ0n) is 24.8. The van der Waals surface area contributed by atoms with Crippen molar-refractivity contribution in [3.05, 3.63) is 59.7 Å². The third-order valence-corrected chi connectivity index (χ3v) is 9.80. The predicted octanol–water partition coefficient (Wildman–Crippen LogP) is 3.56. The Bertz CT molecular complexity index is 1570. The molecule has 3 aliphatic carbocycles. The summed E-state index contributed by atoms with van der Waals surface area (Å²) in [5.74, 6) is -11.1. The lowest BCUT2D eigenvalue weighted by atomic mass is 9.49. The second-order valence-electron chi connectivity index (χ2n) is 12.5. The number of ketones is 4. The summed E-state index contributed by atoms with van der Waals surface area (Å²) >= 11 is 0. The monoisotopic (exact) mass is 587 g/mol. The summed E-state index contributed by atoms with van der Waals surface area (Å²) in [7, 11) is 1.54. The van der Waals surface area contributed by atoms with Crippen LogP contribution < -0.4 is 10.5 Å². The fraction of sp³-hybridized carbons (Fsp3) is 0.441. The number of phenols is 1. The summed E-state index contributed by atoms with van der Waals surface area (Å²) in [5.41, 5.74) is 5.56. The van der Waals surface area contributed by atoms with Crippen LogP contribution in [0.15, 0.2) is 43.0 Å². The molecule has 3 aliphatic rings. The predicted molar refractivity (Wildman–Crippen MR) is 157 cm³/mol. The molecule has 2 fully saturated rings. The molecule has 3 unspecified atom stereocenters. The zero-order valence-corrected chi connectivity index (χ0v) is 24.8. The van der Waals surface area contributed by atoms with Crippen LogP contribution in [0.3, 0.4) is 0 Å². The van der Waals surface area contributed by atoms with Gasteiger partial charge in [-0.1, -0.05) is 39.0 Å². The maximum Gasteiger partial charge on any atom is 0.235 e. The highest BCUT2D eigenvalue weighted by molar-refractivity contribution is 6.32. The molecular formula is C34H37NO8. The van der Waals surface area contributed by atoms with E-state index in [1.807, 2.05) is 24.3 Å². The molecule has 9 nitrogen and oxygen atoms in total. The molecule has 0 aliphatic heterocycles. The normalized spacial score (nSPS) is 29.0. The zero-order chi connectivity index (χ0) is 31.5. The van der Waals surface area contributed by atoms with Crippen molar-refractivity contribution in [3.8, 4) is 22.6 Å². The molecule has 7 atom stereocenters. The van der Waals surface area contributed by atoms with Gasteiger partial charge >= 0.3 is 0 Å². The number of Topliss-reactive ketones (excluding diaryl/α,β-unsaturated/α-hetero) is 4. The molecule has 0 heterocycles. The van der Waals surface area contributed by atoms with E-state index in [1.165, 1.54) is 6.07 Å². The molecule has 1 amide bonds. The van der Waals surface area contributed by atoms with E-state index in [-0.39, 0.29) is 30.1 Å². The SMILES string of the molecule is C=CCC(C)c1ccc(OC)c(-c2ccc(O)c3c2C[C@H]2C[C@H]4[C@H](C(C)C)C(=O)C(C(N)=O)C(=O)[C@@]4(O)C(=O)C2C3=O)c1. The van der Waals surface area contributed by atoms with Crippen molar-refractivity contribution in [3.63, 3.8) is 0 Å². The first kappa shape index (κ1) is 30.4. The van der Waals surface area contributed by atoms with Gasteiger partial charge in [0.25, 0.3) is 0 Å². The Hall–Kier alpha value is -4.11. The minimum atomic E-state index is -2.72. The third kappa shape index (κ3) is 4.44. The van der Waals surface area contributed by atoms with E-state index in [0.717, 1.165) is 12.0 Å². The summed E-state index contributed by atoms with van der Waals surface area (Å²) in [6.07, 6.45) is 2.79. The number of phenolic OH excluding ortho intramolecular Hbond substituents is 1. The van der Waals surface area contributed by atoms with Crippen LogP contribution in [-0.4, -0.2) is 52.0 Å². The van der Waals surface area contributed by atoms with Crippen molar-refractivity contribution in [1.82, 2.24) is 0 Å². The van der Waals surface area contributed by atoms with Gasteiger partial charge in [-0.2, -0.15) is 0 Å². The van der Waals surface area contributed by atoms with Gasteiger partial charge in [-0.25, -0.2) is 0 Å². The van der Waals surface area contributed by atoms with Crippen LogP contribution in [0.25, 0.3) is 11.1 Å². The van der Waals surface area contributed by atoms with Crippen LogP contribution in [0.4, 0.5) is 0 Å². The van der Waals surface area contributed by atoms with Crippen molar-refractivity contribution < 1.29 is 38.9 Å². The van der Waals surface area contributed by atoms with E-state index < -0.39 is 70.1 Å². The summed E-state index contributed by atoms with van der Waals surface area (Å²) in [5, 5.41) is 22.7. The largest absolute Gasteiger partial charge is 0.507 e. The Morgan fingerprint density at radius 1 is 1.12 bits per heavy atom. The van der Waals surface area contributed by atoms with E-state index in [0.29, 0.717) is 22.4 Å². The number of benzene rings is 2. The highest BCUT2D eigenvalue weighted by Crippen LogP contribution is 2.54. The Morgan fingerprint density at radius 2 is 1.81 bits per heavy atom. The van der Waals surface area contributed by atoms with Crippen molar-refractivity contribution in [1.29, 1.82) is 0 Å². The maximum absolute atomic E-state index is 14.1. The average Bonchev–Trinajstić information content (AvgIpc) is 2.94. The molecule has 5 rings (SSSR count). The van der Waals surface area contributed by atoms with E-state index in [9.17, 15) is 34.2 Å². The smallest absolute Gasteiger partial charge is 0.235 e. The number of aromatic hydroxyl groups is 1. The number of amides is 1. The molecule has 0 radical (unpaired) electrons. The quantitative estimate of drug-likeness (QED) is 0.327. The second kappa shape index (κ2) is 10.9. The van der Waals surface area contributed by atoms with Crippen molar-refractivity contribution in [2.45, 2.75) is 51.6 Å². The van der Waals surface area contributed by atoms with Crippen molar-refractivity contribution in [2.24, 2.45) is 41.2 Å². The first-order valence-corrected chi connectivity index (χ1v) is 14.6. The standard InChI is InChI=1S/C34H37NO8/c1-6-7-16(4)17-8-11-24(43-5)20(12-17)19-9-10-23(36)27-21(19)13-18-14-22-25(15(2)3)29(37)28(33(35)41)32(40)34(22,42)31(39)26(18)30(27)38/h6,8-12,15-16,18,22,25-26,28,36,42H,1,7,13-14H2,2-5H3,(H2,35,41)/t16?,18-,22-,25-,26?,28?,34-/m0/s1. The van der Waals surface area contributed by atoms with Crippen LogP contribution in [0.1, 0.15) is 61.0 Å². The number of fused-ring (bicyclic) bond motifs is 3. The summed E-state index contributed by atoms with van der Waals surface area (Å²) in [6.45, 7) is 9.34. The average molecular weight is 588 g/mol. The minimum Gasteiger partial charge on any atom is -0.507 e. The fourth-order valence-corrected chi connectivity index (χ4v) is 7.74. The molecule has 226 valence electrons. The van der Waals surface area contributed by atoms with E-state index >= 15 is 0 Å². The van der Waals surface area contributed by atoms with Gasteiger partial charge in [0.1, 0.15) is 11.5 Å². The van der Waals surface area contributed by atoms with Gasteiger partial charge in [0.2, 0.25) is 5.91 Å². The van der Waals surface area contributed by atoms with Crippen molar-refractivity contribution in [2.75, 3.05) is 7.11 Å². The van der Waals surface area contributed by atoms with Crippen LogP contribution in [0.5, 0.6) is 11.5 Å². The molecule has 2 aromatic carbocycles. The Kier molecular flexibility index (Phi) is 7.67.